The van der Waals surface area contributed by atoms with E-state index in [1.165, 1.54) is 19.9 Å². The van der Waals surface area contributed by atoms with Gasteiger partial charge in [-0.3, -0.25) is 0 Å². The summed E-state index contributed by atoms with van der Waals surface area (Å²) < 4.78 is 25.7. The topological polar surface area (TPSA) is 75.4 Å². The SMILES string of the molecule is CNS(=O)(=O)c1ccc(N2CCCC2CCCN)cc1. The molecule has 0 amide bonds. The minimum atomic E-state index is -3.35. The molecule has 0 saturated carbocycles. The van der Waals surface area contributed by atoms with Crippen LogP contribution >= 0.6 is 0 Å². The molecule has 20 heavy (non-hydrogen) atoms. The van der Waals surface area contributed by atoms with Crippen molar-refractivity contribution in [3.8, 4) is 0 Å². The van der Waals surface area contributed by atoms with Crippen molar-refractivity contribution in [2.45, 2.75) is 36.6 Å². The predicted molar refractivity (Wildman–Crippen MR) is 81.3 cm³/mol. The largest absolute Gasteiger partial charge is 0.369 e. The van der Waals surface area contributed by atoms with Gasteiger partial charge in [-0.15, -0.1) is 0 Å². The van der Waals surface area contributed by atoms with E-state index in [1.807, 2.05) is 12.1 Å². The van der Waals surface area contributed by atoms with E-state index in [0.29, 0.717) is 10.9 Å². The Bertz CT molecular complexity index is 528. The Morgan fingerprint density at radius 3 is 2.65 bits per heavy atom. The Morgan fingerprint density at radius 1 is 1.35 bits per heavy atom. The van der Waals surface area contributed by atoms with Crippen LogP contribution in [-0.2, 0) is 10.0 Å². The van der Waals surface area contributed by atoms with Crippen LogP contribution in [0.3, 0.4) is 0 Å². The second-order valence-corrected chi connectivity index (χ2v) is 7.01. The van der Waals surface area contributed by atoms with Gasteiger partial charge in [-0.25, -0.2) is 13.1 Å². The molecule has 1 aliphatic rings. The first-order valence-electron chi connectivity index (χ1n) is 7.09. The lowest BCUT2D eigenvalue weighted by atomic mass is 10.1. The minimum Gasteiger partial charge on any atom is -0.369 e. The molecule has 5 nitrogen and oxygen atoms in total. The summed E-state index contributed by atoms with van der Waals surface area (Å²) in [5.41, 5.74) is 6.68. The van der Waals surface area contributed by atoms with Crippen molar-refractivity contribution in [3.63, 3.8) is 0 Å². The fraction of sp³-hybridized carbons (Fsp3) is 0.571. The zero-order valence-electron chi connectivity index (χ0n) is 11.9. The molecule has 0 aliphatic carbocycles. The summed E-state index contributed by atoms with van der Waals surface area (Å²) in [6.45, 7) is 1.76. The molecule has 1 atom stereocenters. The molecule has 1 aromatic rings. The van der Waals surface area contributed by atoms with E-state index < -0.39 is 10.0 Å². The van der Waals surface area contributed by atoms with Crippen molar-refractivity contribution in [1.29, 1.82) is 0 Å². The molecule has 1 saturated heterocycles. The zero-order valence-corrected chi connectivity index (χ0v) is 12.7. The van der Waals surface area contributed by atoms with Crippen molar-refractivity contribution < 1.29 is 8.42 Å². The van der Waals surface area contributed by atoms with Crippen LogP contribution in [0.5, 0.6) is 0 Å². The molecule has 1 aromatic carbocycles. The number of rotatable bonds is 6. The third kappa shape index (κ3) is 3.31. The normalized spacial score (nSPS) is 19.5. The van der Waals surface area contributed by atoms with Crippen LogP contribution < -0.4 is 15.4 Å². The standard InChI is InChI=1S/C14H23N3O2S/c1-16-20(18,19)14-8-6-13(7-9-14)17-11-3-5-12(17)4-2-10-15/h6-9,12,16H,2-5,10-11,15H2,1H3. The maximum absolute atomic E-state index is 11.7. The first-order valence-corrected chi connectivity index (χ1v) is 8.57. The summed E-state index contributed by atoms with van der Waals surface area (Å²) in [5, 5.41) is 0. The Labute approximate surface area is 121 Å². The van der Waals surface area contributed by atoms with Gasteiger partial charge in [-0.1, -0.05) is 0 Å². The number of hydrogen-bond acceptors (Lipinski definition) is 4. The third-order valence-corrected chi connectivity index (χ3v) is 5.30. The van der Waals surface area contributed by atoms with Crippen molar-refractivity contribution in [2.75, 3.05) is 25.0 Å². The molecule has 2 rings (SSSR count). The fourth-order valence-corrected chi connectivity index (χ4v) is 3.49. The summed E-state index contributed by atoms with van der Waals surface area (Å²) in [7, 11) is -1.93. The van der Waals surface area contributed by atoms with Crippen molar-refractivity contribution in [3.05, 3.63) is 24.3 Å². The van der Waals surface area contributed by atoms with Gasteiger partial charge in [0.25, 0.3) is 0 Å². The lowest BCUT2D eigenvalue weighted by Crippen LogP contribution is -2.29. The molecule has 0 radical (unpaired) electrons. The van der Waals surface area contributed by atoms with E-state index in [2.05, 4.69) is 9.62 Å². The molecule has 1 aliphatic heterocycles. The molecular weight excluding hydrogens is 274 g/mol. The van der Waals surface area contributed by atoms with Gasteiger partial charge in [-0.2, -0.15) is 0 Å². The highest BCUT2D eigenvalue weighted by molar-refractivity contribution is 7.89. The summed E-state index contributed by atoms with van der Waals surface area (Å²) in [5.74, 6) is 0. The van der Waals surface area contributed by atoms with E-state index in [9.17, 15) is 8.42 Å². The van der Waals surface area contributed by atoms with E-state index in [4.69, 9.17) is 5.73 Å². The van der Waals surface area contributed by atoms with E-state index in [-0.39, 0.29) is 0 Å². The minimum absolute atomic E-state index is 0.307. The summed E-state index contributed by atoms with van der Waals surface area (Å²) in [6, 6.07) is 7.65. The maximum Gasteiger partial charge on any atom is 0.240 e. The van der Waals surface area contributed by atoms with Crippen LogP contribution in [0.4, 0.5) is 5.69 Å². The molecule has 3 N–H and O–H groups in total. The lowest BCUT2D eigenvalue weighted by molar-refractivity contribution is 0.584. The lowest BCUT2D eigenvalue weighted by Gasteiger charge is -2.27. The quantitative estimate of drug-likeness (QED) is 0.830. The fourth-order valence-electron chi connectivity index (χ4n) is 2.76. The molecule has 1 unspecified atom stereocenters. The van der Waals surface area contributed by atoms with Crippen LogP contribution in [0.25, 0.3) is 0 Å². The van der Waals surface area contributed by atoms with Gasteiger partial charge >= 0.3 is 0 Å². The average Bonchev–Trinajstić information content (AvgIpc) is 2.93. The van der Waals surface area contributed by atoms with Crippen LogP contribution in [-0.4, -0.2) is 34.6 Å². The monoisotopic (exact) mass is 297 g/mol. The van der Waals surface area contributed by atoms with Crippen LogP contribution in [0, 0.1) is 0 Å². The van der Waals surface area contributed by atoms with Gasteiger partial charge in [0.1, 0.15) is 0 Å². The Hall–Kier alpha value is -1.11. The highest BCUT2D eigenvalue weighted by Crippen LogP contribution is 2.28. The van der Waals surface area contributed by atoms with Crippen molar-refractivity contribution in [1.82, 2.24) is 4.72 Å². The maximum atomic E-state index is 11.7. The second-order valence-electron chi connectivity index (χ2n) is 5.12. The Morgan fingerprint density at radius 2 is 2.05 bits per heavy atom. The van der Waals surface area contributed by atoms with Crippen LogP contribution in [0.1, 0.15) is 25.7 Å². The number of sulfonamides is 1. The smallest absolute Gasteiger partial charge is 0.240 e. The summed E-state index contributed by atoms with van der Waals surface area (Å²) in [6.07, 6.45) is 4.52. The van der Waals surface area contributed by atoms with E-state index >= 15 is 0 Å². The Balaban J connectivity index is 2.13. The number of benzene rings is 1. The molecule has 0 spiro atoms. The number of nitrogens with one attached hydrogen (secondary N) is 1. The number of anilines is 1. The second kappa shape index (κ2) is 6.56. The van der Waals surface area contributed by atoms with Gasteiger partial charge < -0.3 is 10.6 Å². The summed E-state index contributed by atoms with van der Waals surface area (Å²) in [4.78, 5) is 2.67. The first kappa shape index (κ1) is 15.3. The molecule has 6 heteroatoms. The van der Waals surface area contributed by atoms with Gasteiger partial charge in [0.05, 0.1) is 4.90 Å². The molecular formula is C14H23N3O2S. The third-order valence-electron chi connectivity index (χ3n) is 3.87. The van der Waals surface area contributed by atoms with Crippen LogP contribution in [0.2, 0.25) is 0 Å². The van der Waals surface area contributed by atoms with Gasteiger partial charge in [0.2, 0.25) is 10.0 Å². The molecule has 1 heterocycles. The number of hydrogen-bond donors (Lipinski definition) is 2. The highest BCUT2D eigenvalue weighted by Gasteiger charge is 2.24. The predicted octanol–water partition coefficient (Wildman–Crippen LogP) is 1.30. The molecule has 0 aromatic heterocycles. The molecule has 0 bridgehead atoms. The number of nitrogens with two attached hydrogens (primary N) is 1. The van der Waals surface area contributed by atoms with Gasteiger partial charge in [0, 0.05) is 18.3 Å². The van der Waals surface area contributed by atoms with Crippen LogP contribution in [0.15, 0.2) is 29.2 Å². The summed E-state index contributed by atoms with van der Waals surface area (Å²) >= 11 is 0. The highest BCUT2D eigenvalue weighted by atomic mass is 32.2. The molecule has 1 fully saturated rings. The van der Waals surface area contributed by atoms with E-state index in [1.54, 1.807) is 12.1 Å². The average molecular weight is 297 g/mol. The molecule has 112 valence electrons. The Kier molecular flexibility index (Phi) is 5.01. The van der Waals surface area contributed by atoms with Gasteiger partial charge in [-0.05, 0) is 63.5 Å². The van der Waals surface area contributed by atoms with Crippen molar-refractivity contribution >= 4 is 15.7 Å². The van der Waals surface area contributed by atoms with Crippen molar-refractivity contribution in [2.24, 2.45) is 5.73 Å². The number of nitrogens with zero attached hydrogens (tertiary/aromatic N) is 1. The first-order chi connectivity index (χ1) is 9.58. The zero-order chi connectivity index (χ0) is 14.6. The van der Waals surface area contributed by atoms with E-state index in [0.717, 1.165) is 31.6 Å². The van der Waals surface area contributed by atoms with Gasteiger partial charge in [0.15, 0.2) is 0 Å².